The lowest BCUT2D eigenvalue weighted by Crippen LogP contribution is -2.51. The number of H-pyrrole nitrogens is 1. The van der Waals surface area contributed by atoms with Crippen molar-refractivity contribution in [3.05, 3.63) is 12.4 Å². The van der Waals surface area contributed by atoms with E-state index in [0.717, 1.165) is 4.90 Å². The molecule has 1 aliphatic rings. The van der Waals surface area contributed by atoms with E-state index in [9.17, 15) is 18.4 Å². The monoisotopic (exact) mass is 382 g/mol. The predicted molar refractivity (Wildman–Crippen MR) is 98.2 cm³/mol. The fourth-order valence-electron chi connectivity index (χ4n) is 2.64. The Bertz CT molecular complexity index is 823. The second kappa shape index (κ2) is 8.28. The third-order valence-corrected chi connectivity index (χ3v) is 4.18. The number of carbonyl (C=O) groups excluding carboxylic acids is 2. The number of anilines is 2. The molecule has 8 nitrogen and oxygen atoms in total. The van der Waals surface area contributed by atoms with Crippen molar-refractivity contribution < 1.29 is 18.4 Å². The molecular weight excluding hydrogens is 358 g/mol. The van der Waals surface area contributed by atoms with Crippen LogP contribution in [0.5, 0.6) is 0 Å². The quantitative estimate of drug-likeness (QED) is 0.655. The number of nitrogens with zero attached hydrogens (tertiary/aromatic N) is 3. The van der Waals surface area contributed by atoms with Crippen LogP contribution in [0.25, 0.3) is 10.9 Å². The van der Waals surface area contributed by atoms with Gasteiger partial charge in [0.15, 0.2) is 0 Å². The molecule has 0 aliphatic carbocycles. The average molecular weight is 382 g/mol. The van der Waals surface area contributed by atoms with Gasteiger partial charge in [-0.2, -0.15) is 5.10 Å². The number of alkyl halides is 2. The number of hydrogen-bond acceptors (Lipinski definition) is 5. The van der Waals surface area contributed by atoms with Crippen molar-refractivity contribution >= 4 is 34.2 Å². The number of amides is 2. The van der Waals surface area contributed by atoms with Gasteiger partial charge in [0.2, 0.25) is 0 Å². The molecule has 3 rings (SSSR count). The Morgan fingerprint density at radius 1 is 1.41 bits per heavy atom. The summed E-state index contributed by atoms with van der Waals surface area (Å²) in [4.78, 5) is 29.4. The van der Waals surface area contributed by atoms with Crippen molar-refractivity contribution in [2.75, 3.05) is 24.1 Å². The van der Waals surface area contributed by atoms with Crippen LogP contribution in [0.3, 0.4) is 0 Å². The molecule has 148 valence electrons. The van der Waals surface area contributed by atoms with Crippen LogP contribution in [0.1, 0.15) is 33.6 Å². The number of nitrogen functional groups attached to an aromatic ring is 1. The second-order valence-electron chi connectivity index (χ2n) is 6.54. The highest BCUT2D eigenvalue weighted by Crippen LogP contribution is 2.33. The highest BCUT2D eigenvalue weighted by Gasteiger charge is 2.43. The number of aromatic amines is 1. The van der Waals surface area contributed by atoms with Crippen LogP contribution >= 0.6 is 0 Å². The summed E-state index contributed by atoms with van der Waals surface area (Å²) in [5.74, 6) is -5.37. The summed E-state index contributed by atoms with van der Waals surface area (Å²) >= 11 is 0. The first-order valence-corrected chi connectivity index (χ1v) is 8.76. The van der Waals surface area contributed by atoms with Gasteiger partial charge < -0.3 is 16.0 Å². The molecule has 2 amide bonds. The standard InChI is InChI=1S/C14H16F2N6O2.C3H8/c1-7-6-22(3-2-14(7,15)16)13(24)12(23)20-9-5-18-11(17)8-4-19-21-10(8)9;1-3-2/h4-5,7H,2-3,6H2,1H3,(H2,17,18)(H,19,21)(H,20,23);3H2,1-2H3. The number of fused-ring (bicyclic) bond motifs is 1. The molecule has 1 atom stereocenters. The molecule has 4 N–H and O–H groups in total. The Labute approximate surface area is 155 Å². The Morgan fingerprint density at radius 2 is 2.07 bits per heavy atom. The molecule has 0 bridgehead atoms. The van der Waals surface area contributed by atoms with Gasteiger partial charge in [0.1, 0.15) is 5.82 Å². The zero-order valence-electron chi connectivity index (χ0n) is 15.6. The molecule has 0 spiro atoms. The maximum absolute atomic E-state index is 13.5. The predicted octanol–water partition coefficient (Wildman–Crippen LogP) is 2.40. The van der Waals surface area contributed by atoms with Gasteiger partial charge >= 0.3 is 11.8 Å². The number of aromatic nitrogens is 3. The normalized spacial score (nSPS) is 18.6. The van der Waals surface area contributed by atoms with Crippen LogP contribution in [0.4, 0.5) is 20.3 Å². The third kappa shape index (κ3) is 4.50. The summed E-state index contributed by atoms with van der Waals surface area (Å²) in [5, 5.41) is 9.41. The number of hydrogen-bond donors (Lipinski definition) is 3. The second-order valence-corrected chi connectivity index (χ2v) is 6.54. The van der Waals surface area contributed by atoms with Crippen molar-refractivity contribution in [3.63, 3.8) is 0 Å². The van der Waals surface area contributed by atoms with Crippen molar-refractivity contribution in [3.8, 4) is 0 Å². The molecule has 1 saturated heterocycles. The maximum Gasteiger partial charge on any atom is 0.314 e. The minimum Gasteiger partial charge on any atom is -0.383 e. The van der Waals surface area contributed by atoms with E-state index in [1.165, 1.54) is 25.7 Å². The summed E-state index contributed by atoms with van der Waals surface area (Å²) in [5.41, 5.74) is 6.36. The summed E-state index contributed by atoms with van der Waals surface area (Å²) in [6.45, 7) is 5.27. The highest BCUT2D eigenvalue weighted by atomic mass is 19.3. The van der Waals surface area contributed by atoms with E-state index in [4.69, 9.17) is 5.73 Å². The van der Waals surface area contributed by atoms with Crippen LogP contribution in [-0.2, 0) is 9.59 Å². The smallest absolute Gasteiger partial charge is 0.314 e. The largest absolute Gasteiger partial charge is 0.383 e. The first-order chi connectivity index (χ1) is 12.7. The van der Waals surface area contributed by atoms with E-state index in [1.807, 2.05) is 0 Å². The first kappa shape index (κ1) is 20.5. The molecule has 0 aromatic carbocycles. The molecule has 1 unspecified atom stereocenters. The zero-order chi connectivity index (χ0) is 20.2. The Kier molecular flexibility index (Phi) is 6.29. The molecule has 1 aliphatic heterocycles. The van der Waals surface area contributed by atoms with Crippen molar-refractivity contribution in [2.45, 2.75) is 39.5 Å². The molecule has 0 radical (unpaired) electrons. The van der Waals surface area contributed by atoms with Gasteiger partial charge in [0, 0.05) is 25.4 Å². The molecule has 3 heterocycles. The molecule has 1 fully saturated rings. The SMILES string of the molecule is CC1CN(C(=O)C(=O)Nc2cnc(N)c3cn[nH]c23)CCC1(F)F.CCC. The zero-order valence-corrected chi connectivity index (χ0v) is 15.6. The lowest BCUT2D eigenvalue weighted by Gasteiger charge is -2.36. The Balaban J connectivity index is 0.000000817. The van der Waals surface area contributed by atoms with E-state index in [1.54, 1.807) is 0 Å². The number of nitrogens with two attached hydrogens (primary N) is 1. The summed E-state index contributed by atoms with van der Waals surface area (Å²) in [6.07, 6.45) is 3.54. The van der Waals surface area contributed by atoms with Crippen LogP contribution in [0.15, 0.2) is 12.4 Å². The van der Waals surface area contributed by atoms with Gasteiger partial charge in [-0.3, -0.25) is 14.7 Å². The number of halogens is 2. The number of piperidine rings is 1. The number of rotatable bonds is 1. The molecule has 27 heavy (non-hydrogen) atoms. The van der Waals surface area contributed by atoms with Gasteiger partial charge in [-0.25, -0.2) is 13.8 Å². The van der Waals surface area contributed by atoms with E-state index < -0.39 is 30.1 Å². The summed E-state index contributed by atoms with van der Waals surface area (Å²) in [6, 6.07) is 0. The van der Waals surface area contributed by atoms with Crippen LogP contribution in [0, 0.1) is 5.92 Å². The maximum atomic E-state index is 13.5. The topological polar surface area (TPSA) is 117 Å². The van der Waals surface area contributed by atoms with Crippen LogP contribution < -0.4 is 11.1 Å². The van der Waals surface area contributed by atoms with Gasteiger partial charge in [0.25, 0.3) is 5.92 Å². The number of pyridine rings is 1. The van der Waals surface area contributed by atoms with Crippen molar-refractivity contribution in [2.24, 2.45) is 5.92 Å². The van der Waals surface area contributed by atoms with Crippen LogP contribution in [0.2, 0.25) is 0 Å². The van der Waals surface area contributed by atoms with E-state index in [-0.39, 0.29) is 24.6 Å². The molecule has 0 saturated carbocycles. The lowest BCUT2D eigenvalue weighted by atomic mass is 9.95. The Hall–Kier alpha value is -2.78. The number of carbonyl (C=O) groups is 2. The van der Waals surface area contributed by atoms with Gasteiger partial charge in [-0.05, 0) is 0 Å². The minimum absolute atomic E-state index is 0.164. The van der Waals surface area contributed by atoms with Crippen LogP contribution in [-0.4, -0.2) is 50.9 Å². The molecule has 10 heteroatoms. The van der Waals surface area contributed by atoms with Gasteiger partial charge in [-0.1, -0.05) is 27.2 Å². The first-order valence-electron chi connectivity index (χ1n) is 8.76. The summed E-state index contributed by atoms with van der Waals surface area (Å²) in [7, 11) is 0. The summed E-state index contributed by atoms with van der Waals surface area (Å²) < 4.78 is 27.0. The minimum atomic E-state index is -2.82. The molecule has 2 aromatic heterocycles. The van der Waals surface area contributed by atoms with E-state index in [0.29, 0.717) is 10.9 Å². The Morgan fingerprint density at radius 3 is 2.70 bits per heavy atom. The van der Waals surface area contributed by atoms with E-state index in [2.05, 4.69) is 34.3 Å². The third-order valence-electron chi connectivity index (χ3n) is 4.18. The number of nitrogens with one attached hydrogen (secondary N) is 2. The lowest BCUT2D eigenvalue weighted by molar-refractivity contribution is -0.151. The highest BCUT2D eigenvalue weighted by molar-refractivity contribution is 6.40. The fraction of sp³-hybridized carbons (Fsp3) is 0.529. The van der Waals surface area contributed by atoms with Gasteiger partial charge in [0.05, 0.1) is 29.0 Å². The fourth-order valence-corrected chi connectivity index (χ4v) is 2.64. The average Bonchev–Trinajstić information content (AvgIpc) is 3.11. The van der Waals surface area contributed by atoms with E-state index >= 15 is 0 Å². The van der Waals surface area contributed by atoms with Crippen molar-refractivity contribution in [1.82, 2.24) is 20.1 Å². The van der Waals surface area contributed by atoms with Gasteiger partial charge in [-0.15, -0.1) is 0 Å². The number of likely N-dealkylation sites (tertiary alicyclic amines) is 1. The van der Waals surface area contributed by atoms with Crippen molar-refractivity contribution in [1.29, 1.82) is 0 Å². The molecular formula is C17H24F2N6O2. The molecule has 2 aromatic rings.